The van der Waals surface area contributed by atoms with Gasteiger partial charge in [-0.15, -0.1) is 0 Å². The zero-order valence-corrected chi connectivity index (χ0v) is 22.6. The number of carbonyl (C=O) groups excluding carboxylic acids is 2. The molecule has 1 aliphatic rings. The molecule has 6 heteroatoms. The number of nitrogens with one attached hydrogen (secondary N) is 2. The van der Waals surface area contributed by atoms with Gasteiger partial charge in [-0.25, -0.2) is 4.68 Å². The second kappa shape index (κ2) is 11.8. The lowest BCUT2D eigenvalue weighted by Crippen LogP contribution is -2.45. The Balaban J connectivity index is 1.57. The number of hydrogen-bond donors (Lipinski definition) is 2. The Morgan fingerprint density at radius 1 is 1.03 bits per heavy atom. The van der Waals surface area contributed by atoms with Crippen LogP contribution in [-0.4, -0.2) is 27.6 Å². The largest absolute Gasteiger partial charge is 0.344 e. The minimum Gasteiger partial charge on any atom is -0.344 e. The van der Waals surface area contributed by atoms with Crippen molar-refractivity contribution in [1.82, 2.24) is 15.1 Å². The lowest BCUT2D eigenvalue weighted by atomic mass is 9.92. The Morgan fingerprint density at radius 2 is 1.70 bits per heavy atom. The molecule has 1 atom stereocenters. The first kappa shape index (κ1) is 26.6. The van der Waals surface area contributed by atoms with Gasteiger partial charge in [0, 0.05) is 24.3 Å². The summed E-state index contributed by atoms with van der Waals surface area (Å²) in [4.78, 5) is 26.6. The number of anilines is 1. The molecular weight excluding hydrogens is 460 g/mol. The third-order valence-corrected chi connectivity index (χ3v) is 7.26. The summed E-state index contributed by atoms with van der Waals surface area (Å²) in [5.74, 6) is 0.924. The van der Waals surface area contributed by atoms with E-state index in [-0.39, 0.29) is 17.2 Å². The molecular formula is C31H40N4O2. The minimum atomic E-state index is -0.684. The number of hydrogen-bond acceptors (Lipinski definition) is 3. The molecule has 0 spiro atoms. The number of aryl methyl sites for hydroxylation is 1. The highest BCUT2D eigenvalue weighted by atomic mass is 16.2. The summed E-state index contributed by atoms with van der Waals surface area (Å²) in [6, 6.07) is 19.1. The highest BCUT2D eigenvalue weighted by Gasteiger charge is 2.26. The second-order valence-electron chi connectivity index (χ2n) is 11.4. The molecule has 0 radical (unpaired) electrons. The normalized spacial score (nSPS) is 14.9. The van der Waals surface area contributed by atoms with Crippen LogP contribution in [0.4, 0.5) is 5.82 Å². The van der Waals surface area contributed by atoms with Crippen LogP contribution in [0, 0.1) is 12.8 Å². The van der Waals surface area contributed by atoms with E-state index in [1.807, 2.05) is 67.6 Å². The van der Waals surface area contributed by atoms with Crippen LogP contribution in [0.2, 0.25) is 0 Å². The van der Waals surface area contributed by atoms with Gasteiger partial charge in [0.2, 0.25) is 11.8 Å². The van der Waals surface area contributed by atoms with Crippen molar-refractivity contribution in [3.63, 3.8) is 0 Å². The molecule has 37 heavy (non-hydrogen) atoms. The first-order chi connectivity index (χ1) is 17.7. The van der Waals surface area contributed by atoms with Crippen LogP contribution in [0.3, 0.4) is 0 Å². The summed E-state index contributed by atoms with van der Waals surface area (Å²) < 4.78 is 1.80. The van der Waals surface area contributed by atoms with E-state index >= 15 is 0 Å². The third kappa shape index (κ3) is 7.09. The molecule has 2 aromatic carbocycles. The summed E-state index contributed by atoms with van der Waals surface area (Å²) in [6.07, 6.45) is 6.71. The zero-order chi connectivity index (χ0) is 26.4. The number of nitrogens with zero attached hydrogens (tertiary/aromatic N) is 2. The molecule has 1 heterocycles. The molecule has 2 amide bonds. The Bertz CT molecular complexity index is 1200. The van der Waals surface area contributed by atoms with Crippen molar-refractivity contribution in [3.8, 4) is 5.69 Å². The smallest absolute Gasteiger partial charge is 0.248 e. The highest BCUT2D eigenvalue weighted by Crippen LogP contribution is 2.29. The van der Waals surface area contributed by atoms with Crippen molar-refractivity contribution < 1.29 is 9.59 Å². The predicted molar refractivity (Wildman–Crippen MR) is 149 cm³/mol. The molecule has 1 aromatic heterocycles. The third-order valence-electron chi connectivity index (χ3n) is 7.26. The molecule has 1 fully saturated rings. The van der Waals surface area contributed by atoms with Crippen molar-refractivity contribution in [3.05, 3.63) is 77.5 Å². The summed E-state index contributed by atoms with van der Waals surface area (Å²) in [5.41, 5.74) is 3.66. The SMILES string of the molecule is Cc1ccccc1-n1nc(C(C)(C)C)cc1NC(=O)C(Cc1ccccc1)NC(=O)CCC1CCCC1. The molecule has 2 N–H and O–H groups in total. The lowest BCUT2D eigenvalue weighted by Gasteiger charge is -2.20. The van der Waals surface area contributed by atoms with E-state index < -0.39 is 6.04 Å². The topological polar surface area (TPSA) is 76.0 Å². The van der Waals surface area contributed by atoms with Gasteiger partial charge >= 0.3 is 0 Å². The van der Waals surface area contributed by atoms with Gasteiger partial charge in [-0.1, -0.05) is 95.0 Å². The number of carbonyl (C=O) groups is 2. The van der Waals surface area contributed by atoms with Crippen LogP contribution in [0.5, 0.6) is 0 Å². The van der Waals surface area contributed by atoms with Crippen molar-refractivity contribution in [1.29, 1.82) is 0 Å². The second-order valence-corrected chi connectivity index (χ2v) is 11.4. The van der Waals surface area contributed by atoms with E-state index in [1.165, 1.54) is 25.7 Å². The van der Waals surface area contributed by atoms with Gasteiger partial charge in [-0.2, -0.15) is 5.10 Å². The number of rotatable bonds is 9. The minimum absolute atomic E-state index is 0.0641. The predicted octanol–water partition coefficient (Wildman–Crippen LogP) is 6.11. The molecule has 6 nitrogen and oxygen atoms in total. The molecule has 1 saturated carbocycles. The molecule has 196 valence electrons. The van der Waals surface area contributed by atoms with E-state index in [2.05, 4.69) is 31.4 Å². The van der Waals surface area contributed by atoms with Gasteiger partial charge in [0.25, 0.3) is 0 Å². The Kier molecular flexibility index (Phi) is 8.47. The van der Waals surface area contributed by atoms with Crippen LogP contribution in [0.25, 0.3) is 5.69 Å². The van der Waals surface area contributed by atoms with E-state index in [9.17, 15) is 9.59 Å². The van der Waals surface area contributed by atoms with Gasteiger partial charge in [0.05, 0.1) is 11.4 Å². The Labute approximate surface area is 220 Å². The monoisotopic (exact) mass is 500 g/mol. The van der Waals surface area contributed by atoms with E-state index in [0.29, 0.717) is 24.6 Å². The van der Waals surface area contributed by atoms with Crippen LogP contribution in [-0.2, 0) is 21.4 Å². The molecule has 0 aliphatic heterocycles. The van der Waals surface area contributed by atoms with Crippen molar-refractivity contribution in [2.75, 3.05) is 5.32 Å². The van der Waals surface area contributed by atoms with Crippen LogP contribution >= 0.6 is 0 Å². The molecule has 3 aromatic rings. The fourth-order valence-corrected chi connectivity index (χ4v) is 4.99. The number of para-hydroxylation sites is 1. The summed E-state index contributed by atoms with van der Waals surface area (Å²) in [5, 5.41) is 11.0. The fraction of sp³-hybridized carbons (Fsp3) is 0.452. The van der Waals surface area contributed by atoms with Crippen LogP contribution in [0.1, 0.15) is 76.1 Å². The Hall–Kier alpha value is -3.41. The molecule has 4 rings (SSSR count). The highest BCUT2D eigenvalue weighted by molar-refractivity contribution is 5.97. The summed E-state index contributed by atoms with van der Waals surface area (Å²) >= 11 is 0. The molecule has 1 aliphatic carbocycles. The van der Waals surface area contributed by atoms with Crippen molar-refractivity contribution in [2.24, 2.45) is 5.92 Å². The molecule has 1 unspecified atom stereocenters. The summed E-state index contributed by atoms with van der Waals surface area (Å²) in [7, 11) is 0. The molecule has 0 bridgehead atoms. The average molecular weight is 501 g/mol. The van der Waals surface area contributed by atoms with Gasteiger partial charge < -0.3 is 10.6 Å². The van der Waals surface area contributed by atoms with Crippen molar-refractivity contribution >= 4 is 17.6 Å². The van der Waals surface area contributed by atoms with Crippen LogP contribution < -0.4 is 10.6 Å². The van der Waals surface area contributed by atoms with Gasteiger partial charge in [-0.3, -0.25) is 9.59 Å². The van der Waals surface area contributed by atoms with Crippen molar-refractivity contribution in [2.45, 2.75) is 84.1 Å². The van der Waals surface area contributed by atoms with Crippen LogP contribution in [0.15, 0.2) is 60.7 Å². The van der Waals surface area contributed by atoms with E-state index in [0.717, 1.165) is 28.9 Å². The lowest BCUT2D eigenvalue weighted by molar-refractivity contribution is -0.126. The fourth-order valence-electron chi connectivity index (χ4n) is 4.99. The van der Waals surface area contributed by atoms with Gasteiger partial charge in [-0.05, 0) is 36.5 Å². The molecule has 0 saturated heterocycles. The first-order valence-electron chi connectivity index (χ1n) is 13.5. The van der Waals surface area contributed by atoms with E-state index in [4.69, 9.17) is 5.10 Å². The number of amides is 2. The van der Waals surface area contributed by atoms with Gasteiger partial charge in [0.15, 0.2) is 0 Å². The number of benzene rings is 2. The average Bonchev–Trinajstić information content (AvgIpc) is 3.53. The summed E-state index contributed by atoms with van der Waals surface area (Å²) in [6.45, 7) is 8.34. The quantitative estimate of drug-likeness (QED) is 0.372. The maximum Gasteiger partial charge on any atom is 0.248 e. The first-order valence-corrected chi connectivity index (χ1v) is 13.5. The number of aromatic nitrogens is 2. The Morgan fingerprint density at radius 3 is 2.38 bits per heavy atom. The van der Waals surface area contributed by atoms with E-state index in [1.54, 1.807) is 4.68 Å². The standard InChI is InChI=1S/C31H40N4O2/c1-22-12-8-11-17-26(22)35-28(21-27(34-35)31(2,3)4)33-30(37)25(20-24-15-6-5-7-16-24)32-29(36)19-18-23-13-9-10-14-23/h5-8,11-12,15-17,21,23,25H,9-10,13-14,18-20H2,1-4H3,(H,32,36)(H,33,37). The zero-order valence-electron chi connectivity index (χ0n) is 22.6. The maximum atomic E-state index is 13.7. The maximum absolute atomic E-state index is 13.7. The van der Waals surface area contributed by atoms with Gasteiger partial charge in [0.1, 0.15) is 11.9 Å².